The molecular weight excluding hydrogens is 463 g/mol. The lowest BCUT2D eigenvalue weighted by Crippen LogP contribution is -2.62. The highest BCUT2D eigenvalue weighted by molar-refractivity contribution is 5.97. The minimum absolute atomic E-state index is 0.0101. The number of carbonyl (C=O) groups excluding carboxylic acids is 2. The summed E-state index contributed by atoms with van der Waals surface area (Å²) in [6.45, 7) is -0.214. The summed E-state index contributed by atoms with van der Waals surface area (Å²) < 4.78 is 14.3. The van der Waals surface area contributed by atoms with Gasteiger partial charge in [0.15, 0.2) is 0 Å². The van der Waals surface area contributed by atoms with Crippen LogP contribution in [-0.2, 0) is 22.6 Å². The molecule has 3 aromatic carbocycles. The Bertz CT molecular complexity index is 1550. The van der Waals surface area contributed by atoms with Gasteiger partial charge in [0.2, 0.25) is 11.8 Å². The van der Waals surface area contributed by atoms with Gasteiger partial charge in [0, 0.05) is 47.3 Å². The van der Waals surface area contributed by atoms with Crippen molar-refractivity contribution in [1.29, 1.82) is 0 Å². The van der Waals surface area contributed by atoms with Gasteiger partial charge in [-0.1, -0.05) is 48.5 Å². The Morgan fingerprint density at radius 3 is 2.61 bits per heavy atom. The maximum atomic E-state index is 14.3. The monoisotopic (exact) mass is 484 g/mol. The van der Waals surface area contributed by atoms with Crippen molar-refractivity contribution >= 4 is 28.4 Å². The third kappa shape index (κ3) is 3.43. The number of nitro benzene ring substituents is 1. The number of nitrogens with zero attached hydrogens (tertiary/aromatic N) is 3. The number of piperazine rings is 1. The summed E-state index contributed by atoms with van der Waals surface area (Å²) in [6.07, 6.45) is 0.295. The Balaban J connectivity index is 1.47. The molecule has 3 heterocycles. The molecule has 180 valence electrons. The van der Waals surface area contributed by atoms with Crippen molar-refractivity contribution < 1.29 is 18.9 Å². The minimum Gasteiger partial charge on any atom is -0.356 e. The Kier molecular flexibility index (Phi) is 5.06. The van der Waals surface area contributed by atoms with Gasteiger partial charge in [0.05, 0.1) is 11.0 Å². The molecule has 0 radical (unpaired) electrons. The van der Waals surface area contributed by atoms with Crippen LogP contribution in [0.15, 0.2) is 72.8 Å². The molecule has 0 saturated carbocycles. The number of H-pyrrole nitrogens is 1. The molecule has 1 saturated heterocycles. The summed E-state index contributed by atoms with van der Waals surface area (Å²) in [5.41, 5.74) is 3.30. The zero-order chi connectivity index (χ0) is 25.0. The molecule has 1 N–H and O–H groups in total. The lowest BCUT2D eigenvalue weighted by molar-refractivity contribution is -0.384. The summed E-state index contributed by atoms with van der Waals surface area (Å²) in [5.74, 6) is -1.00. The zero-order valence-corrected chi connectivity index (χ0v) is 19.1. The Morgan fingerprint density at radius 1 is 1.03 bits per heavy atom. The number of hydrogen-bond acceptors (Lipinski definition) is 4. The molecule has 2 atom stereocenters. The number of aromatic nitrogens is 1. The Hall–Kier alpha value is -4.53. The number of aromatic amines is 1. The first kappa shape index (κ1) is 22.0. The van der Waals surface area contributed by atoms with Crippen LogP contribution in [0.5, 0.6) is 0 Å². The largest absolute Gasteiger partial charge is 0.356 e. The Morgan fingerprint density at radius 2 is 1.81 bits per heavy atom. The number of fused-ring (bicyclic) bond motifs is 4. The third-order valence-corrected chi connectivity index (χ3v) is 7.06. The average Bonchev–Trinajstić information content (AvgIpc) is 3.25. The number of rotatable bonds is 4. The van der Waals surface area contributed by atoms with Crippen molar-refractivity contribution in [2.24, 2.45) is 0 Å². The normalized spacial score (nSPS) is 19.4. The van der Waals surface area contributed by atoms with E-state index in [0.717, 1.165) is 22.2 Å². The molecule has 0 aliphatic carbocycles. The highest BCUT2D eigenvalue weighted by atomic mass is 19.1. The van der Waals surface area contributed by atoms with Gasteiger partial charge in [-0.25, -0.2) is 4.39 Å². The van der Waals surface area contributed by atoms with Gasteiger partial charge in [-0.3, -0.25) is 19.7 Å². The fourth-order valence-electron chi connectivity index (χ4n) is 5.44. The lowest BCUT2D eigenvalue weighted by Gasteiger charge is -2.47. The smallest absolute Gasteiger partial charge is 0.269 e. The molecular formula is C27H21FN4O4. The number of carbonyl (C=O) groups is 2. The van der Waals surface area contributed by atoms with Gasteiger partial charge >= 0.3 is 0 Å². The van der Waals surface area contributed by atoms with Crippen LogP contribution in [0.3, 0.4) is 0 Å². The first-order valence-electron chi connectivity index (χ1n) is 11.6. The first-order valence-corrected chi connectivity index (χ1v) is 11.6. The summed E-state index contributed by atoms with van der Waals surface area (Å²) in [4.78, 5) is 44.7. The van der Waals surface area contributed by atoms with E-state index < -0.39 is 22.8 Å². The Labute approximate surface area is 205 Å². The molecule has 2 aliphatic rings. The number of non-ortho nitro benzene ring substituents is 1. The van der Waals surface area contributed by atoms with Gasteiger partial charge in [-0.15, -0.1) is 0 Å². The van der Waals surface area contributed by atoms with Crippen LogP contribution in [0, 0.1) is 15.9 Å². The van der Waals surface area contributed by atoms with Gasteiger partial charge in [0.1, 0.15) is 18.4 Å². The van der Waals surface area contributed by atoms with Crippen LogP contribution >= 0.6 is 0 Å². The molecule has 1 unspecified atom stereocenters. The fourth-order valence-corrected chi connectivity index (χ4v) is 5.44. The average molecular weight is 484 g/mol. The number of nitrogens with one attached hydrogen (secondary N) is 1. The highest BCUT2D eigenvalue weighted by Crippen LogP contribution is 2.43. The molecule has 2 amide bonds. The van der Waals surface area contributed by atoms with Crippen LogP contribution in [0.4, 0.5) is 10.1 Å². The van der Waals surface area contributed by atoms with Crippen LogP contribution in [0.2, 0.25) is 0 Å². The van der Waals surface area contributed by atoms with Crippen LogP contribution in [-0.4, -0.2) is 44.1 Å². The molecule has 1 fully saturated rings. The molecule has 2 aliphatic heterocycles. The van der Waals surface area contributed by atoms with Crippen LogP contribution in [0.25, 0.3) is 10.9 Å². The second kappa shape index (κ2) is 8.30. The zero-order valence-electron chi connectivity index (χ0n) is 19.1. The number of nitro groups is 1. The van der Waals surface area contributed by atoms with Crippen molar-refractivity contribution in [3.63, 3.8) is 0 Å². The summed E-state index contributed by atoms with van der Waals surface area (Å²) in [7, 11) is 0. The minimum atomic E-state index is -0.811. The molecule has 9 heteroatoms. The van der Waals surface area contributed by atoms with E-state index in [0.29, 0.717) is 17.5 Å². The van der Waals surface area contributed by atoms with Gasteiger partial charge in [-0.05, 0) is 23.3 Å². The third-order valence-electron chi connectivity index (χ3n) is 7.06. The van der Waals surface area contributed by atoms with E-state index in [1.807, 2.05) is 24.3 Å². The molecule has 4 aromatic rings. The number of amides is 2. The fraction of sp³-hybridized carbons (Fsp3) is 0.185. The maximum Gasteiger partial charge on any atom is 0.269 e. The SMILES string of the molecule is O=C1[C@@H]2Cc3c([nH]c4ccccc34)C(c3cccc([N+](=O)[O-])c3)N2C(=O)CN1Cc1ccccc1F. The quantitative estimate of drug-likeness (QED) is 0.348. The topological polar surface area (TPSA) is 99.5 Å². The van der Waals surface area contributed by atoms with E-state index in [-0.39, 0.29) is 30.6 Å². The maximum absolute atomic E-state index is 14.3. The lowest BCUT2D eigenvalue weighted by atomic mass is 9.86. The molecule has 0 spiro atoms. The van der Waals surface area contributed by atoms with Crippen molar-refractivity contribution in [3.8, 4) is 0 Å². The number of hydrogen-bond donors (Lipinski definition) is 1. The second-order valence-electron chi connectivity index (χ2n) is 9.12. The highest BCUT2D eigenvalue weighted by Gasteiger charge is 2.48. The van der Waals surface area contributed by atoms with Crippen molar-refractivity contribution in [3.05, 3.63) is 111 Å². The first-order chi connectivity index (χ1) is 17.4. The summed E-state index contributed by atoms with van der Waals surface area (Å²) >= 11 is 0. The van der Waals surface area contributed by atoms with E-state index in [9.17, 15) is 24.1 Å². The van der Waals surface area contributed by atoms with Crippen molar-refractivity contribution in [2.75, 3.05) is 6.54 Å². The summed E-state index contributed by atoms with van der Waals surface area (Å²) in [5, 5.41) is 12.4. The predicted octanol–water partition coefficient (Wildman–Crippen LogP) is 4.10. The van der Waals surface area contributed by atoms with E-state index in [1.54, 1.807) is 30.3 Å². The molecule has 6 rings (SSSR count). The van der Waals surface area contributed by atoms with Gasteiger partial charge < -0.3 is 14.8 Å². The molecule has 8 nitrogen and oxygen atoms in total. The van der Waals surface area contributed by atoms with Gasteiger partial charge in [-0.2, -0.15) is 0 Å². The van der Waals surface area contributed by atoms with Crippen molar-refractivity contribution in [1.82, 2.24) is 14.8 Å². The molecule has 0 bridgehead atoms. The van der Waals surface area contributed by atoms with Crippen LogP contribution in [0.1, 0.15) is 28.4 Å². The predicted molar refractivity (Wildman–Crippen MR) is 129 cm³/mol. The van der Waals surface area contributed by atoms with E-state index >= 15 is 0 Å². The molecule has 1 aromatic heterocycles. The van der Waals surface area contributed by atoms with E-state index in [4.69, 9.17) is 0 Å². The van der Waals surface area contributed by atoms with Crippen molar-refractivity contribution in [2.45, 2.75) is 25.0 Å². The second-order valence-corrected chi connectivity index (χ2v) is 9.12. The van der Waals surface area contributed by atoms with Crippen LogP contribution < -0.4 is 0 Å². The number of para-hydroxylation sites is 1. The van der Waals surface area contributed by atoms with Gasteiger partial charge in [0.25, 0.3) is 5.69 Å². The summed E-state index contributed by atoms with van der Waals surface area (Å²) in [6, 6.07) is 18.5. The number of benzene rings is 3. The number of halogens is 1. The van der Waals surface area contributed by atoms with E-state index in [1.165, 1.54) is 28.0 Å². The standard InChI is InChI=1S/C27H21FN4O4/c28-21-10-3-1-6-17(21)14-30-15-24(33)31-23(27(30)34)13-20-19-9-2-4-11-22(19)29-25(20)26(31)16-7-5-8-18(12-16)32(35)36/h1-12,23,26,29H,13-15H2/t23-,26?/m0/s1. The van der Waals surface area contributed by atoms with E-state index in [2.05, 4.69) is 4.98 Å². The molecule has 36 heavy (non-hydrogen) atoms.